The number of rotatable bonds is 7. The number of imidazole rings is 1. The zero-order valence-corrected chi connectivity index (χ0v) is 17.4. The fourth-order valence-corrected chi connectivity index (χ4v) is 2.95. The van der Waals surface area contributed by atoms with Crippen molar-refractivity contribution in [2.45, 2.75) is 20.8 Å². The molecule has 154 valence electrons. The number of carbonyl (C=O) groups is 1. The highest BCUT2D eigenvalue weighted by atomic mass is 16.6. The van der Waals surface area contributed by atoms with E-state index in [1.807, 2.05) is 26.0 Å². The molecular formula is C23H23N3O4. The van der Waals surface area contributed by atoms with Crippen LogP contribution in [0.15, 0.2) is 30.3 Å². The van der Waals surface area contributed by atoms with E-state index in [9.17, 15) is 10.1 Å². The Kier molecular flexibility index (Phi) is 6.38. The van der Waals surface area contributed by atoms with Crippen LogP contribution in [0, 0.1) is 25.2 Å². The van der Waals surface area contributed by atoms with Gasteiger partial charge in [-0.1, -0.05) is 6.07 Å². The molecule has 0 aliphatic heterocycles. The number of esters is 1. The number of hydrogen-bond donors (Lipinski definition) is 1. The minimum absolute atomic E-state index is 0.231. The van der Waals surface area contributed by atoms with Crippen molar-refractivity contribution >= 4 is 28.7 Å². The summed E-state index contributed by atoms with van der Waals surface area (Å²) >= 11 is 0. The summed E-state index contributed by atoms with van der Waals surface area (Å²) in [5.74, 6) is 0.880. The fraction of sp³-hybridized carbons (Fsp3) is 0.261. The van der Waals surface area contributed by atoms with Crippen LogP contribution in [-0.2, 0) is 9.53 Å². The molecule has 0 fully saturated rings. The molecule has 30 heavy (non-hydrogen) atoms. The van der Waals surface area contributed by atoms with Gasteiger partial charge in [-0.05, 0) is 67.8 Å². The van der Waals surface area contributed by atoms with Crippen LogP contribution in [0.1, 0.15) is 29.4 Å². The molecule has 7 heteroatoms. The maximum atomic E-state index is 11.6. The molecule has 0 aliphatic rings. The van der Waals surface area contributed by atoms with Gasteiger partial charge in [-0.3, -0.25) is 0 Å². The highest BCUT2D eigenvalue weighted by Gasteiger charge is 2.12. The van der Waals surface area contributed by atoms with E-state index in [1.54, 1.807) is 31.2 Å². The first-order chi connectivity index (χ1) is 14.4. The number of nitrogens with one attached hydrogen (secondary N) is 1. The second kappa shape index (κ2) is 9.14. The van der Waals surface area contributed by atoms with Crippen LogP contribution in [0.5, 0.6) is 11.5 Å². The second-order valence-electron chi connectivity index (χ2n) is 6.71. The summed E-state index contributed by atoms with van der Waals surface area (Å²) in [6.45, 7) is 5.84. The van der Waals surface area contributed by atoms with E-state index in [2.05, 4.69) is 16.0 Å². The van der Waals surface area contributed by atoms with Crippen molar-refractivity contribution in [2.24, 2.45) is 0 Å². The van der Waals surface area contributed by atoms with Crippen molar-refractivity contribution in [1.82, 2.24) is 9.97 Å². The Hall–Kier alpha value is -3.79. The highest BCUT2D eigenvalue weighted by Crippen LogP contribution is 2.30. The first-order valence-corrected chi connectivity index (χ1v) is 9.50. The number of nitriles is 1. The summed E-state index contributed by atoms with van der Waals surface area (Å²) in [6, 6.07) is 11.4. The number of methoxy groups -OCH3 is 1. The van der Waals surface area contributed by atoms with Crippen molar-refractivity contribution < 1.29 is 19.0 Å². The van der Waals surface area contributed by atoms with Crippen LogP contribution in [0.2, 0.25) is 0 Å². The molecule has 3 rings (SSSR count). The molecule has 0 aliphatic carbocycles. The standard InChI is InChI=1S/C23H23N3O4/c1-5-29-22(27)13-30-21-11-16(6-7-20(21)28-4)10-17(12-24)23-25-18-8-14(2)15(3)9-19(18)26-23/h6-11H,5,13H2,1-4H3,(H,25,26). The lowest BCUT2D eigenvalue weighted by Gasteiger charge is -2.11. The number of aryl methyl sites for hydroxylation is 2. The summed E-state index contributed by atoms with van der Waals surface area (Å²) in [5.41, 5.74) is 5.06. The lowest BCUT2D eigenvalue weighted by Crippen LogP contribution is -2.14. The molecule has 0 unspecified atom stereocenters. The Morgan fingerprint density at radius 1 is 1.20 bits per heavy atom. The maximum Gasteiger partial charge on any atom is 0.344 e. The Morgan fingerprint density at radius 2 is 1.97 bits per heavy atom. The lowest BCUT2D eigenvalue weighted by atomic mass is 10.1. The second-order valence-corrected chi connectivity index (χ2v) is 6.71. The minimum atomic E-state index is -0.467. The molecule has 1 N–H and O–H groups in total. The number of carbonyl (C=O) groups excluding carboxylic acids is 1. The molecule has 0 spiro atoms. The maximum absolute atomic E-state index is 11.6. The number of benzene rings is 2. The smallest absolute Gasteiger partial charge is 0.344 e. The van der Waals surface area contributed by atoms with Crippen LogP contribution in [-0.4, -0.2) is 36.3 Å². The van der Waals surface area contributed by atoms with Crippen molar-refractivity contribution in [1.29, 1.82) is 5.26 Å². The van der Waals surface area contributed by atoms with E-state index in [4.69, 9.17) is 14.2 Å². The Labute approximate surface area is 174 Å². The molecule has 0 bridgehead atoms. The van der Waals surface area contributed by atoms with E-state index in [-0.39, 0.29) is 13.2 Å². The molecule has 0 atom stereocenters. The molecule has 0 radical (unpaired) electrons. The number of hydrogen-bond acceptors (Lipinski definition) is 6. The SMILES string of the molecule is CCOC(=O)COc1cc(C=C(C#N)c2nc3cc(C)c(C)cc3[nH]2)ccc1OC. The number of aromatic amines is 1. The monoisotopic (exact) mass is 405 g/mol. The van der Waals surface area contributed by atoms with Crippen molar-refractivity contribution in [2.75, 3.05) is 20.3 Å². The van der Waals surface area contributed by atoms with Gasteiger partial charge in [0.05, 0.1) is 30.3 Å². The van der Waals surface area contributed by atoms with Crippen LogP contribution in [0.4, 0.5) is 0 Å². The predicted molar refractivity (Wildman–Crippen MR) is 114 cm³/mol. The predicted octanol–water partition coefficient (Wildman–Crippen LogP) is 4.19. The quantitative estimate of drug-likeness (QED) is 0.467. The van der Waals surface area contributed by atoms with Gasteiger partial charge in [0.1, 0.15) is 11.9 Å². The normalized spacial score (nSPS) is 11.2. The average molecular weight is 405 g/mol. The van der Waals surface area contributed by atoms with E-state index >= 15 is 0 Å². The molecule has 2 aromatic carbocycles. The fourth-order valence-electron chi connectivity index (χ4n) is 2.95. The lowest BCUT2D eigenvalue weighted by molar-refractivity contribution is -0.145. The molecule has 1 heterocycles. The first kappa shape index (κ1) is 20.9. The molecular weight excluding hydrogens is 382 g/mol. The van der Waals surface area contributed by atoms with E-state index < -0.39 is 5.97 Å². The van der Waals surface area contributed by atoms with Crippen LogP contribution >= 0.6 is 0 Å². The summed E-state index contributed by atoms with van der Waals surface area (Å²) in [5, 5.41) is 9.68. The molecule has 0 saturated carbocycles. The van der Waals surface area contributed by atoms with Gasteiger partial charge in [-0.25, -0.2) is 9.78 Å². The topological polar surface area (TPSA) is 97.2 Å². The molecule has 3 aromatic rings. The molecule has 0 amide bonds. The zero-order valence-electron chi connectivity index (χ0n) is 17.4. The Morgan fingerprint density at radius 3 is 2.67 bits per heavy atom. The highest BCUT2D eigenvalue weighted by molar-refractivity contribution is 5.90. The van der Waals surface area contributed by atoms with Crippen molar-refractivity contribution in [3.63, 3.8) is 0 Å². The first-order valence-electron chi connectivity index (χ1n) is 9.50. The van der Waals surface area contributed by atoms with Gasteiger partial charge in [0.25, 0.3) is 0 Å². The number of H-pyrrole nitrogens is 1. The molecule has 7 nitrogen and oxygen atoms in total. The van der Waals surface area contributed by atoms with Gasteiger partial charge < -0.3 is 19.2 Å². The van der Waals surface area contributed by atoms with Gasteiger partial charge in [0, 0.05) is 0 Å². The van der Waals surface area contributed by atoms with E-state index in [1.165, 1.54) is 7.11 Å². The van der Waals surface area contributed by atoms with Crippen molar-refractivity contribution in [3.8, 4) is 17.6 Å². The molecule has 0 saturated heterocycles. The summed E-state index contributed by atoms with van der Waals surface area (Å²) in [7, 11) is 1.52. The number of ether oxygens (including phenoxy) is 3. The van der Waals surface area contributed by atoms with Gasteiger partial charge in [-0.15, -0.1) is 0 Å². The van der Waals surface area contributed by atoms with Crippen LogP contribution in [0.3, 0.4) is 0 Å². The number of nitrogens with zero attached hydrogens (tertiary/aromatic N) is 2. The number of fused-ring (bicyclic) bond motifs is 1. The number of aromatic nitrogens is 2. The third kappa shape index (κ3) is 4.61. The molecule has 1 aromatic heterocycles. The van der Waals surface area contributed by atoms with Gasteiger partial charge >= 0.3 is 5.97 Å². The van der Waals surface area contributed by atoms with Gasteiger partial charge in [-0.2, -0.15) is 5.26 Å². The van der Waals surface area contributed by atoms with E-state index in [0.717, 1.165) is 22.2 Å². The third-order valence-electron chi connectivity index (χ3n) is 4.62. The third-order valence-corrected chi connectivity index (χ3v) is 4.62. The zero-order chi connectivity index (χ0) is 21.7. The Balaban J connectivity index is 1.92. The van der Waals surface area contributed by atoms with Gasteiger partial charge in [0.15, 0.2) is 18.1 Å². The van der Waals surface area contributed by atoms with Crippen LogP contribution < -0.4 is 9.47 Å². The van der Waals surface area contributed by atoms with Crippen LogP contribution in [0.25, 0.3) is 22.7 Å². The van der Waals surface area contributed by atoms with Gasteiger partial charge in [0.2, 0.25) is 0 Å². The Bertz CT molecular complexity index is 1120. The summed E-state index contributed by atoms with van der Waals surface area (Å²) in [6.07, 6.45) is 1.70. The minimum Gasteiger partial charge on any atom is -0.493 e. The largest absolute Gasteiger partial charge is 0.493 e. The number of allylic oxidation sites excluding steroid dienone is 1. The average Bonchev–Trinajstić information content (AvgIpc) is 3.13. The van der Waals surface area contributed by atoms with E-state index in [0.29, 0.717) is 28.5 Å². The summed E-state index contributed by atoms with van der Waals surface area (Å²) in [4.78, 5) is 19.3. The summed E-state index contributed by atoms with van der Waals surface area (Å²) < 4.78 is 15.7. The van der Waals surface area contributed by atoms with Crippen molar-refractivity contribution in [3.05, 3.63) is 52.8 Å².